The van der Waals surface area contributed by atoms with Crippen molar-refractivity contribution in [2.24, 2.45) is 0 Å². The third kappa shape index (κ3) is 4.77. The highest BCUT2D eigenvalue weighted by Crippen LogP contribution is 2.29. The Morgan fingerprint density at radius 2 is 1.76 bits per heavy atom. The average molecular weight is 400 g/mol. The summed E-state index contributed by atoms with van der Waals surface area (Å²) in [5.74, 6) is -3.50. The highest BCUT2D eigenvalue weighted by molar-refractivity contribution is 5.69. The summed E-state index contributed by atoms with van der Waals surface area (Å²) in [5, 5.41) is 8.66. The van der Waals surface area contributed by atoms with Gasteiger partial charge in [0.25, 0.3) is 0 Å². The van der Waals surface area contributed by atoms with Crippen LogP contribution in [0, 0.1) is 24.4 Å². The van der Waals surface area contributed by atoms with Crippen molar-refractivity contribution in [1.29, 1.82) is 0 Å². The van der Waals surface area contributed by atoms with Gasteiger partial charge in [-0.3, -0.25) is 0 Å². The topological polar surface area (TPSA) is 46.5 Å². The Morgan fingerprint density at radius 1 is 1.00 bits per heavy atom. The van der Waals surface area contributed by atoms with Gasteiger partial charge in [-0.05, 0) is 66.3 Å². The Kier molecular flexibility index (Phi) is 6.22. The molecular formula is C23H19F3O3. The van der Waals surface area contributed by atoms with Crippen LogP contribution in [0.25, 0.3) is 11.1 Å². The van der Waals surface area contributed by atoms with Crippen molar-refractivity contribution < 1.29 is 27.8 Å². The zero-order chi connectivity index (χ0) is 21.0. The molecule has 0 unspecified atom stereocenters. The standard InChI is InChI=1S/C23H19F3O3/c1-14-15(4-3-7-18(14)16-5-2-6-17(24)12-16)8-9-19-20(25)10-11-21(23(19)26)29-13-22(27)28/h2-7,10-12H,8-9,13H2,1H3,(H,27,28). The third-order valence-corrected chi connectivity index (χ3v) is 4.73. The minimum Gasteiger partial charge on any atom is -0.479 e. The van der Waals surface area contributed by atoms with E-state index < -0.39 is 24.2 Å². The molecule has 0 fully saturated rings. The van der Waals surface area contributed by atoms with E-state index in [1.165, 1.54) is 12.1 Å². The van der Waals surface area contributed by atoms with Gasteiger partial charge in [-0.2, -0.15) is 0 Å². The lowest BCUT2D eigenvalue weighted by molar-refractivity contribution is -0.139. The molecule has 1 N–H and O–H groups in total. The van der Waals surface area contributed by atoms with E-state index in [0.717, 1.165) is 34.4 Å². The molecule has 0 spiro atoms. The molecule has 3 nitrogen and oxygen atoms in total. The van der Waals surface area contributed by atoms with Crippen molar-refractivity contribution in [2.75, 3.05) is 6.61 Å². The van der Waals surface area contributed by atoms with E-state index in [2.05, 4.69) is 0 Å². The second kappa shape index (κ2) is 8.82. The van der Waals surface area contributed by atoms with Crippen molar-refractivity contribution in [3.05, 3.63) is 88.7 Å². The Morgan fingerprint density at radius 3 is 2.48 bits per heavy atom. The van der Waals surface area contributed by atoms with Crippen LogP contribution in [0.5, 0.6) is 5.75 Å². The highest BCUT2D eigenvalue weighted by Gasteiger charge is 2.16. The molecule has 0 aromatic heterocycles. The van der Waals surface area contributed by atoms with Crippen LogP contribution >= 0.6 is 0 Å². The Hall–Kier alpha value is -3.28. The summed E-state index contributed by atoms with van der Waals surface area (Å²) in [6.07, 6.45) is 0.417. The van der Waals surface area contributed by atoms with Gasteiger partial charge in [0.05, 0.1) is 0 Å². The largest absolute Gasteiger partial charge is 0.479 e. The van der Waals surface area contributed by atoms with Crippen molar-refractivity contribution >= 4 is 5.97 Å². The Balaban J connectivity index is 1.84. The molecule has 0 saturated carbocycles. The van der Waals surface area contributed by atoms with Gasteiger partial charge < -0.3 is 9.84 Å². The van der Waals surface area contributed by atoms with E-state index in [9.17, 15) is 18.0 Å². The van der Waals surface area contributed by atoms with Gasteiger partial charge in [0.15, 0.2) is 18.2 Å². The first kappa shape index (κ1) is 20.5. The fraction of sp³-hybridized carbons (Fsp3) is 0.174. The molecule has 0 aliphatic carbocycles. The normalized spacial score (nSPS) is 10.8. The summed E-state index contributed by atoms with van der Waals surface area (Å²) in [6.45, 7) is 1.17. The van der Waals surface area contributed by atoms with E-state index in [1.807, 2.05) is 25.1 Å². The molecule has 0 bridgehead atoms. The van der Waals surface area contributed by atoms with E-state index >= 15 is 0 Å². The number of carboxylic acids is 1. The first-order valence-electron chi connectivity index (χ1n) is 9.02. The van der Waals surface area contributed by atoms with Gasteiger partial charge in [0.2, 0.25) is 0 Å². The number of carbonyl (C=O) groups is 1. The van der Waals surface area contributed by atoms with Crippen molar-refractivity contribution in [2.45, 2.75) is 19.8 Å². The fourth-order valence-electron chi connectivity index (χ4n) is 3.24. The molecule has 0 radical (unpaired) electrons. The highest BCUT2D eigenvalue weighted by atomic mass is 19.1. The van der Waals surface area contributed by atoms with Crippen LogP contribution in [-0.4, -0.2) is 17.7 Å². The summed E-state index contributed by atoms with van der Waals surface area (Å²) in [6, 6.07) is 13.9. The number of ether oxygens (including phenoxy) is 1. The number of aryl methyl sites for hydroxylation is 1. The van der Waals surface area contributed by atoms with Crippen LogP contribution < -0.4 is 4.74 Å². The maximum atomic E-state index is 14.6. The molecule has 3 aromatic rings. The van der Waals surface area contributed by atoms with Gasteiger partial charge in [0, 0.05) is 5.56 Å². The van der Waals surface area contributed by atoms with Gasteiger partial charge in [-0.25, -0.2) is 18.0 Å². The van der Waals surface area contributed by atoms with Crippen LogP contribution in [0.1, 0.15) is 16.7 Å². The maximum Gasteiger partial charge on any atom is 0.341 e. The monoisotopic (exact) mass is 400 g/mol. The fourth-order valence-corrected chi connectivity index (χ4v) is 3.24. The van der Waals surface area contributed by atoms with Gasteiger partial charge in [-0.1, -0.05) is 30.3 Å². The molecule has 3 aromatic carbocycles. The second-order valence-electron chi connectivity index (χ2n) is 6.62. The summed E-state index contributed by atoms with van der Waals surface area (Å²) < 4.78 is 47.2. The number of carboxylic acid groups (broad SMARTS) is 1. The predicted molar refractivity (Wildman–Crippen MR) is 103 cm³/mol. The van der Waals surface area contributed by atoms with Gasteiger partial charge >= 0.3 is 5.97 Å². The van der Waals surface area contributed by atoms with Crippen LogP contribution in [0.4, 0.5) is 13.2 Å². The molecule has 0 atom stereocenters. The molecule has 0 saturated heterocycles. The zero-order valence-electron chi connectivity index (χ0n) is 15.7. The summed E-state index contributed by atoms with van der Waals surface area (Å²) in [7, 11) is 0. The van der Waals surface area contributed by atoms with Crippen molar-refractivity contribution in [1.82, 2.24) is 0 Å². The summed E-state index contributed by atoms with van der Waals surface area (Å²) in [4.78, 5) is 10.6. The molecular weight excluding hydrogens is 381 g/mol. The quantitative estimate of drug-likeness (QED) is 0.583. The lowest BCUT2D eigenvalue weighted by Crippen LogP contribution is -2.11. The van der Waals surface area contributed by atoms with Gasteiger partial charge in [-0.15, -0.1) is 0 Å². The van der Waals surface area contributed by atoms with E-state index in [4.69, 9.17) is 9.84 Å². The first-order chi connectivity index (χ1) is 13.9. The summed E-state index contributed by atoms with van der Waals surface area (Å²) >= 11 is 0. The van der Waals surface area contributed by atoms with Crippen molar-refractivity contribution in [3.8, 4) is 16.9 Å². The van der Waals surface area contributed by atoms with Crippen LogP contribution in [0.15, 0.2) is 54.6 Å². The van der Waals surface area contributed by atoms with Crippen molar-refractivity contribution in [3.63, 3.8) is 0 Å². The SMILES string of the molecule is Cc1c(CCc2c(F)ccc(OCC(=O)O)c2F)cccc1-c1cccc(F)c1. The molecule has 3 rings (SSSR count). The molecule has 0 aliphatic rings. The number of rotatable bonds is 7. The zero-order valence-corrected chi connectivity index (χ0v) is 15.7. The minimum absolute atomic E-state index is 0.0649. The van der Waals surface area contributed by atoms with Crippen LogP contribution in [0.2, 0.25) is 0 Å². The smallest absolute Gasteiger partial charge is 0.341 e. The summed E-state index contributed by atoms with van der Waals surface area (Å²) in [5.41, 5.74) is 3.19. The van der Waals surface area contributed by atoms with E-state index in [0.29, 0.717) is 6.42 Å². The number of hydrogen-bond acceptors (Lipinski definition) is 2. The molecule has 0 aliphatic heterocycles. The maximum absolute atomic E-state index is 14.6. The lowest BCUT2D eigenvalue weighted by atomic mass is 9.93. The van der Waals surface area contributed by atoms with Gasteiger partial charge in [0.1, 0.15) is 11.6 Å². The molecule has 29 heavy (non-hydrogen) atoms. The van der Waals surface area contributed by atoms with Crippen LogP contribution in [-0.2, 0) is 17.6 Å². The number of benzene rings is 3. The van der Waals surface area contributed by atoms with E-state index in [1.54, 1.807) is 12.1 Å². The minimum atomic E-state index is -1.25. The first-order valence-corrected chi connectivity index (χ1v) is 9.02. The molecule has 0 amide bonds. The molecule has 150 valence electrons. The third-order valence-electron chi connectivity index (χ3n) is 4.73. The van der Waals surface area contributed by atoms with E-state index in [-0.39, 0.29) is 23.6 Å². The Labute approximate surface area is 166 Å². The number of aliphatic carboxylic acids is 1. The number of halogens is 3. The molecule has 6 heteroatoms. The average Bonchev–Trinajstić information content (AvgIpc) is 2.68. The predicted octanol–water partition coefficient (Wildman–Crippen LogP) is 5.33. The van der Waals surface area contributed by atoms with Crippen LogP contribution in [0.3, 0.4) is 0 Å². The second-order valence-corrected chi connectivity index (χ2v) is 6.62. The lowest BCUT2D eigenvalue weighted by Gasteiger charge is -2.13. The Bertz CT molecular complexity index is 1050. The number of hydrogen-bond donors (Lipinski definition) is 1. The molecule has 0 heterocycles.